The minimum Gasteiger partial charge on any atom is -0.321 e. The van der Waals surface area contributed by atoms with Crippen molar-refractivity contribution < 1.29 is 4.79 Å². The summed E-state index contributed by atoms with van der Waals surface area (Å²) in [6.45, 7) is 6.22. The van der Waals surface area contributed by atoms with Crippen molar-refractivity contribution in [2.45, 2.75) is 65.2 Å². The fourth-order valence-corrected chi connectivity index (χ4v) is 5.65. The van der Waals surface area contributed by atoms with Crippen LogP contribution in [0, 0.1) is 6.92 Å². The average Bonchev–Trinajstić information content (AvgIpc) is 3.07. The van der Waals surface area contributed by atoms with E-state index in [9.17, 15) is 9.59 Å². The van der Waals surface area contributed by atoms with Crippen LogP contribution in [0.4, 0.5) is 5.69 Å². The smallest absolute Gasteiger partial charge is 0.265 e. The predicted octanol–water partition coefficient (Wildman–Crippen LogP) is 6.46. The number of thiophene rings is 1. The maximum atomic E-state index is 13.1. The van der Waals surface area contributed by atoms with Gasteiger partial charge in [0.25, 0.3) is 11.5 Å². The fraction of sp³-hybridized carbons (Fsp3) is 0.407. The monoisotopic (exact) mass is 448 g/mol. The van der Waals surface area contributed by atoms with Crippen molar-refractivity contribution in [2.24, 2.45) is 7.05 Å². The van der Waals surface area contributed by atoms with E-state index in [1.54, 1.807) is 23.0 Å². The largest absolute Gasteiger partial charge is 0.321 e. The molecule has 0 radical (unpaired) electrons. The van der Waals surface area contributed by atoms with Gasteiger partial charge in [0.2, 0.25) is 0 Å². The summed E-state index contributed by atoms with van der Waals surface area (Å²) in [6, 6.07) is 10.1. The third-order valence-electron chi connectivity index (χ3n) is 6.72. The normalized spacial score (nSPS) is 14.5. The Kier molecular flexibility index (Phi) is 6.66. The molecule has 2 aromatic heterocycles. The molecule has 5 heteroatoms. The van der Waals surface area contributed by atoms with E-state index >= 15 is 0 Å². The number of hydrogen-bond acceptors (Lipinski definition) is 3. The Morgan fingerprint density at radius 3 is 2.75 bits per heavy atom. The number of fused-ring (bicyclic) bond motifs is 1. The third kappa shape index (κ3) is 4.44. The van der Waals surface area contributed by atoms with E-state index in [1.165, 1.54) is 29.7 Å². The van der Waals surface area contributed by atoms with Crippen LogP contribution in [0.3, 0.4) is 0 Å². The minimum absolute atomic E-state index is 0.0379. The molecular weight excluding hydrogens is 416 g/mol. The van der Waals surface area contributed by atoms with Gasteiger partial charge in [-0.2, -0.15) is 0 Å². The molecule has 3 aromatic rings. The summed E-state index contributed by atoms with van der Waals surface area (Å²) >= 11 is 1.64. The highest BCUT2D eigenvalue weighted by molar-refractivity contribution is 7.14. The molecule has 1 N–H and O–H groups in total. The summed E-state index contributed by atoms with van der Waals surface area (Å²) in [4.78, 5) is 27.8. The number of anilines is 1. The van der Waals surface area contributed by atoms with E-state index in [4.69, 9.17) is 0 Å². The Morgan fingerprint density at radius 2 is 1.97 bits per heavy atom. The molecule has 1 unspecified atom stereocenters. The molecule has 0 bridgehead atoms. The highest BCUT2D eigenvalue weighted by Gasteiger charge is 2.18. The van der Waals surface area contributed by atoms with Gasteiger partial charge in [0.05, 0.1) is 4.88 Å². The van der Waals surface area contributed by atoms with Gasteiger partial charge < -0.3 is 9.88 Å². The number of carbonyl (C=O) groups excluding carboxylic acids is 1. The molecule has 1 amide bonds. The zero-order valence-electron chi connectivity index (χ0n) is 19.5. The first-order chi connectivity index (χ1) is 15.4. The van der Waals surface area contributed by atoms with Gasteiger partial charge in [-0.15, -0.1) is 11.3 Å². The Labute approximate surface area is 194 Å². The van der Waals surface area contributed by atoms with E-state index in [1.807, 2.05) is 31.3 Å². The van der Waals surface area contributed by atoms with Crippen LogP contribution in [0.5, 0.6) is 0 Å². The molecule has 2 heterocycles. The molecule has 168 valence electrons. The van der Waals surface area contributed by atoms with Crippen LogP contribution >= 0.6 is 11.3 Å². The van der Waals surface area contributed by atoms with Gasteiger partial charge in [-0.25, -0.2) is 0 Å². The molecular formula is C27H32N2O2S. The molecule has 0 saturated heterocycles. The summed E-state index contributed by atoms with van der Waals surface area (Å²) in [5.41, 5.74) is 6.10. The number of hydrogen-bond donors (Lipinski definition) is 1. The Bertz CT molecular complexity index is 1180. The van der Waals surface area contributed by atoms with Crippen LogP contribution in [0.2, 0.25) is 0 Å². The second kappa shape index (κ2) is 9.45. The van der Waals surface area contributed by atoms with Gasteiger partial charge in [0.1, 0.15) is 0 Å². The summed E-state index contributed by atoms with van der Waals surface area (Å²) in [5.74, 6) is 0.162. The van der Waals surface area contributed by atoms with Crippen molar-refractivity contribution in [3.8, 4) is 11.1 Å². The van der Waals surface area contributed by atoms with Gasteiger partial charge in [-0.3, -0.25) is 9.59 Å². The van der Waals surface area contributed by atoms with Crippen molar-refractivity contribution in [1.29, 1.82) is 0 Å². The van der Waals surface area contributed by atoms with Gasteiger partial charge in [0, 0.05) is 29.4 Å². The molecule has 32 heavy (non-hydrogen) atoms. The molecule has 4 nitrogen and oxygen atoms in total. The number of rotatable bonds is 5. The SMILES string of the molecule is CCC(C)c1cc(-c2cccc(NC(=O)c3cc4c(s3)CCCCC4)c2C)cn(C)c1=O. The average molecular weight is 449 g/mol. The highest BCUT2D eigenvalue weighted by atomic mass is 32.1. The first kappa shape index (κ1) is 22.5. The molecule has 0 aliphatic heterocycles. The Hall–Kier alpha value is -2.66. The lowest BCUT2D eigenvalue weighted by Crippen LogP contribution is -2.22. The second-order valence-corrected chi connectivity index (χ2v) is 10.1. The maximum absolute atomic E-state index is 13.1. The summed E-state index contributed by atoms with van der Waals surface area (Å²) in [5, 5.41) is 3.14. The van der Waals surface area contributed by atoms with Gasteiger partial charge >= 0.3 is 0 Å². The third-order valence-corrected chi connectivity index (χ3v) is 7.95. The van der Waals surface area contributed by atoms with Crippen LogP contribution in [0.25, 0.3) is 11.1 Å². The topological polar surface area (TPSA) is 51.1 Å². The zero-order valence-corrected chi connectivity index (χ0v) is 20.3. The van der Waals surface area contributed by atoms with E-state index in [2.05, 4.69) is 31.3 Å². The van der Waals surface area contributed by atoms with Crippen LogP contribution in [-0.4, -0.2) is 10.5 Å². The number of aromatic nitrogens is 1. The molecule has 1 aromatic carbocycles. The number of nitrogens with one attached hydrogen (secondary N) is 1. The quantitative estimate of drug-likeness (QED) is 0.456. The molecule has 0 saturated carbocycles. The number of benzene rings is 1. The van der Waals surface area contributed by atoms with Gasteiger partial charge in [-0.1, -0.05) is 32.4 Å². The molecule has 0 fully saturated rings. The molecule has 1 aliphatic rings. The minimum atomic E-state index is -0.0379. The van der Waals surface area contributed by atoms with Gasteiger partial charge in [-0.05, 0) is 85.4 Å². The Balaban J connectivity index is 1.64. The van der Waals surface area contributed by atoms with Crippen molar-refractivity contribution >= 4 is 22.9 Å². The zero-order chi connectivity index (χ0) is 22.8. The summed E-state index contributed by atoms with van der Waals surface area (Å²) in [7, 11) is 1.81. The molecule has 0 spiro atoms. The van der Waals surface area contributed by atoms with Crippen LogP contribution < -0.4 is 10.9 Å². The number of amides is 1. The first-order valence-electron chi connectivity index (χ1n) is 11.6. The van der Waals surface area contributed by atoms with Crippen LogP contribution in [0.15, 0.2) is 41.3 Å². The van der Waals surface area contributed by atoms with Crippen molar-refractivity contribution in [1.82, 2.24) is 4.57 Å². The van der Waals surface area contributed by atoms with E-state index in [-0.39, 0.29) is 17.4 Å². The van der Waals surface area contributed by atoms with E-state index in [0.29, 0.717) is 0 Å². The van der Waals surface area contributed by atoms with Crippen molar-refractivity contribution in [2.75, 3.05) is 5.32 Å². The molecule has 1 aliphatic carbocycles. The summed E-state index contributed by atoms with van der Waals surface area (Å²) in [6.07, 6.45) is 8.68. The van der Waals surface area contributed by atoms with Crippen molar-refractivity contribution in [3.05, 3.63) is 73.3 Å². The maximum Gasteiger partial charge on any atom is 0.265 e. The van der Waals surface area contributed by atoms with Crippen molar-refractivity contribution in [3.63, 3.8) is 0 Å². The first-order valence-corrected chi connectivity index (χ1v) is 12.4. The summed E-state index contributed by atoms with van der Waals surface area (Å²) < 4.78 is 1.67. The lowest BCUT2D eigenvalue weighted by Gasteiger charge is -2.16. The predicted molar refractivity (Wildman–Crippen MR) is 134 cm³/mol. The van der Waals surface area contributed by atoms with E-state index < -0.39 is 0 Å². The molecule has 1 atom stereocenters. The van der Waals surface area contributed by atoms with Crippen LogP contribution in [-0.2, 0) is 19.9 Å². The number of aryl methyl sites for hydroxylation is 3. The number of carbonyl (C=O) groups is 1. The highest BCUT2D eigenvalue weighted by Crippen LogP contribution is 2.32. The number of nitrogens with zero attached hydrogens (tertiary/aromatic N) is 1. The molecule has 4 rings (SSSR count). The van der Waals surface area contributed by atoms with Crippen LogP contribution in [0.1, 0.15) is 76.7 Å². The number of pyridine rings is 1. The van der Waals surface area contributed by atoms with E-state index in [0.717, 1.165) is 52.1 Å². The Morgan fingerprint density at radius 1 is 1.19 bits per heavy atom. The fourth-order valence-electron chi connectivity index (χ4n) is 4.50. The second-order valence-electron chi connectivity index (χ2n) is 8.96. The lowest BCUT2D eigenvalue weighted by molar-refractivity contribution is 0.103. The standard InChI is InChI=1S/C27H32N2O2S/c1-5-17(2)22-14-20(16-29(4)27(22)31)21-11-9-12-23(18(21)3)28-26(30)25-15-19-10-7-6-8-13-24(19)32-25/h9,11-12,14-17H,5-8,10,13H2,1-4H3,(H,28,30). The lowest BCUT2D eigenvalue weighted by atomic mass is 9.94. The van der Waals surface area contributed by atoms with Gasteiger partial charge in [0.15, 0.2) is 0 Å².